The van der Waals surface area contributed by atoms with Gasteiger partial charge in [-0.1, -0.05) is 13.0 Å². The van der Waals surface area contributed by atoms with E-state index in [2.05, 4.69) is 10.3 Å². The highest BCUT2D eigenvalue weighted by atomic mass is 19.4. The third kappa shape index (κ3) is 4.93. The van der Waals surface area contributed by atoms with Crippen molar-refractivity contribution in [2.45, 2.75) is 57.6 Å². The Balaban J connectivity index is 2.10. The van der Waals surface area contributed by atoms with Gasteiger partial charge in [-0.2, -0.15) is 17.6 Å². The van der Waals surface area contributed by atoms with E-state index in [-0.39, 0.29) is 16.9 Å². The van der Waals surface area contributed by atoms with Crippen LogP contribution in [-0.2, 0) is 9.53 Å². The number of nitrogens with two attached hydrogens (primary N) is 1. The van der Waals surface area contributed by atoms with Crippen molar-refractivity contribution in [3.63, 3.8) is 0 Å². The average molecular weight is 501 g/mol. The molecule has 1 aromatic carbocycles. The molecule has 3 N–H and O–H groups in total. The molecule has 3 rings (SSSR count). The molecule has 2 heterocycles. The van der Waals surface area contributed by atoms with E-state index >= 15 is 0 Å². The van der Waals surface area contributed by atoms with Crippen LogP contribution in [0.1, 0.15) is 49.7 Å². The molecule has 12 heteroatoms. The number of hydrogen-bond acceptors (Lipinski definition) is 5. The second kappa shape index (κ2) is 9.40. The van der Waals surface area contributed by atoms with E-state index in [9.17, 15) is 31.5 Å². The summed E-state index contributed by atoms with van der Waals surface area (Å²) in [6, 6.07) is 4.28. The number of nitrogens with zero attached hydrogens (tertiary/aromatic N) is 1. The fourth-order valence-electron chi connectivity index (χ4n) is 4.04. The molecule has 0 bridgehead atoms. The van der Waals surface area contributed by atoms with Crippen molar-refractivity contribution in [1.29, 1.82) is 0 Å². The highest BCUT2D eigenvalue weighted by molar-refractivity contribution is 5.97. The molecule has 1 fully saturated rings. The van der Waals surface area contributed by atoms with Crippen molar-refractivity contribution in [2.75, 3.05) is 5.32 Å². The van der Waals surface area contributed by atoms with Crippen LogP contribution in [0.5, 0.6) is 5.75 Å². The normalized spacial score (nSPS) is 24.5. The first-order valence-electron chi connectivity index (χ1n) is 10.6. The molecular weight excluding hydrogens is 477 g/mol. The van der Waals surface area contributed by atoms with Gasteiger partial charge in [-0.3, -0.25) is 14.6 Å². The van der Waals surface area contributed by atoms with Gasteiger partial charge < -0.3 is 20.5 Å². The Bertz CT molecular complexity index is 1140. The van der Waals surface area contributed by atoms with Crippen molar-refractivity contribution in [1.82, 2.24) is 4.98 Å². The van der Waals surface area contributed by atoms with Crippen molar-refractivity contribution in [3.8, 4) is 5.75 Å². The van der Waals surface area contributed by atoms with Crippen LogP contribution in [0, 0.1) is 17.6 Å². The number of aromatic nitrogens is 1. The Morgan fingerprint density at radius 3 is 2.46 bits per heavy atom. The zero-order valence-electron chi connectivity index (χ0n) is 19.2. The second-order valence-electron chi connectivity index (χ2n) is 8.69. The second-order valence-corrected chi connectivity index (χ2v) is 8.69. The molecule has 1 aliphatic heterocycles. The molecule has 4 atom stereocenters. The predicted molar refractivity (Wildman–Crippen MR) is 115 cm³/mol. The number of primary amides is 1. The number of halogens is 5. The van der Waals surface area contributed by atoms with Gasteiger partial charge >= 0.3 is 6.18 Å². The first-order chi connectivity index (χ1) is 16.2. The Labute approximate surface area is 197 Å². The van der Waals surface area contributed by atoms with E-state index in [1.165, 1.54) is 33.0 Å². The largest absolute Gasteiger partial charge is 0.488 e. The quantitative estimate of drug-likeness (QED) is 0.574. The molecule has 2 aromatic rings. The van der Waals surface area contributed by atoms with Gasteiger partial charge in [0, 0.05) is 29.3 Å². The fourth-order valence-corrected chi connectivity index (χ4v) is 4.04. The lowest BCUT2D eigenvalue weighted by Crippen LogP contribution is -2.47. The van der Waals surface area contributed by atoms with E-state index in [1.54, 1.807) is 0 Å². The molecule has 1 saturated heterocycles. The number of carbonyl (C=O) groups excluding carboxylic acids is 2. The first-order valence-corrected chi connectivity index (χ1v) is 10.6. The number of benzene rings is 1. The van der Waals surface area contributed by atoms with Gasteiger partial charge in [0.2, 0.25) is 5.82 Å². The molecule has 35 heavy (non-hydrogen) atoms. The topological polar surface area (TPSA) is 104 Å². The summed E-state index contributed by atoms with van der Waals surface area (Å²) in [5.74, 6) is -7.90. The SMILES string of the molecule is CC(C)Oc1c([C@H]2[C@H](C(=O)Nc3ccnc(C(N)=O)c3)O[C@@](C)(C(F)(F)F)[C@H]2C)ccc(F)c1F. The Hall–Kier alpha value is -3.28. The molecule has 1 aliphatic rings. The first kappa shape index (κ1) is 26.3. The van der Waals surface area contributed by atoms with E-state index < -0.39 is 65.0 Å². The van der Waals surface area contributed by atoms with E-state index in [4.69, 9.17) is 15.2 Å². The van der Waals surface area contributed by atoms with Crippen molar-refractivity contribution >= 4 is 17.5 Å². The Kier molecular flexibility index (Phi) is 7.07. The number of amides is 2. The van der Waals surface area contributed by atoms with Gasteiger partial charge in [0.25, 0.3) is 11.8 Å². The lowest BCUT2D eigenvalue weighted by Gasteiger charge is -2.32. The highest BCUT2D eigenvalue weighted by Gasteiger charge is 2.66. The Morgan fingerprint density at radius 2 is 1.89 bits per heavy atom. The maximum atomic E-state index is 14.7. The van der Waals surface area contributed by atoms with E-state index in [0.717, 1.165) is 25.1 Å². The molecule has 0 saturated carbocycles. The number of alkyl halides is 3. The number of rotatable bonds is 6. The molecule has 190 valence electrons. The van der Waals surface area contributed by atoms with Crippen LogP contribution < -0.4 is 15.8 Å². The van der Waals surface area contributed by atoms with Crippen LogP contribution in [0.2, 0.25) is 0 Å². The minimum Gasteiger partial charge on any atom is -0.488 e. The van der Waals surface area contributed by atoms with Gasteiger partial charge in [-0.05, 0) is 39.0 Å². The zero-order valence-corrected chi connectivity index (χ0v) is 19.2. The third-order valence-electron chi connectivity index (χ3n) is 6.00. The molecule has 2 amide bonds. The number of anilines is 1. The van der Waals surface area contributed by atoms with Crippen molar-refractivity contribution in [2.24, 2.45) is 11.7 Å². The molecule has 0 aliphatic carbocycles. The lowest BCUT2D eigenvalue weighted by molar-refractivity contribution is -0.272. The fraction of sp³-hybridized carbons (Fsp3) is 0.435. The van der Waals surface area contributed by atoms with E-state index in [1.807, 2.05) is 0 Å². The third-order valence-corrected chi connectivity index (χ3v) is 6.00. The summed E-state index contributed by atoms with van der Waals surface area (Å²) in [6.07, 6.45) is -6.14. The summed E-state index contributed by atoms with van der Waals surface area (Å²) in [7, 11) is 0. The maximum Gasteiger partial charge on any atom is 0.417 e. The van der Waals surface area contributed by atoms with E-state index in [0.29, 0.717) is 0 Å². The monoisotopic (exact) mass is 501 g/mol. The summed E-state index contributed by atoms with van der Waals surface area (Å²) < 4.78 is 81.6. The number of nitrogens with one attached hydrogen (secondary N) is 1. The van der Waals surface area contributed by atoms with Crippen LogP contribution in [-0.4, -0.2) is 40.8 Å². The number of hydrogen-bond donors (Lipinski definition) is 2. The lowest BCUT2D eigenvalue weighted by atomic mass is 9.77. The highest BCUT2D eigenvalue weighted by Crippen LogP contribution is 2.55. The van der Waals surface area contributed by atoms with Gasteiger partial charge in [0.05, 0.1) is 6.10 Å². The minimum atomic E-state index is -4.90. The minimum absolute atomic E-state index is 0.0263. The standard InChI is InChI=1S/C23H24F5N3O4/c1-10(2)34-18-13(5-6-14(24)17(18)25)16-11(3)22(4,23(26,27)28)35-19(16)21(33)31-12-7-8-30-15(9-12)20(29)32/h5-11,16,19H,1-4H3,(H2,29,32)(H,30,31,33)/t11-,16-,19+,22+/m0/s1. The zero-order chi connectivity index (χ0) is 26.3. The number of pyridine rings is 1. The van der Waals surface area contributed by atoms with Crippen LogP contribution in [0.3, 0.4) is 0 Å². The average Bonchev–Trinajstić information content (AvgIpc) is 3.04. The molecular formula is C23H24F5N3O4. The predicted octanol–water partition coefficient (Wildman–Crippen LogP) is 4.32. The molecule has 1 aromatic heterocycles. The van der Waals surface area contributed by atoms with Crippen LogP contribution in [0.4, 0.5) is 27.6 Å². The van der Waals surface area contributed by atoms with Gasteiger partial charge in [0.1, 0.15) is 11.8 Å². The summed E-state index contributed by atoms with van der Waals surface area (Å²) >= 11 is 0. The molecule has 0 radical (unpaired) electrons. The number of ether oxygens (including phenoxy) is 2. The van der Waals surface area contributed by atoms with Gasteiger partial charge in [-0.25, -0.2) is 4.39 Å². The van der Waals surface area contributed by atoms with Crippen molar-refractivity contribution < 1.29 is 41.0 Å². The maximum absolute atomic E-state index is 14.7. The smallest absolute Gasteiger partial charge is 0.417 e. The summed E-state index contributed by atoms with van der Waals surface area (Å²) in [5.41, 5.74) is 2.07. The number of carbonyl (C=O) groups is 2. The van der Waals surface area contributed by atoms with Crippen molar-refractivity contribution in [3.05, 3.63) is 53.4 Å². The van der Waals surface area contributed by atoms with Crippen LogP contribution in [0.15, 0.2) is 30.5 Å². The Morgan fingerprint density at radius 1 is 1.23 bits per heavy atom. The summed E-state index contributed by atoms with van der Waals surface area (Å²) in [5, 5.41) is 2.39. The van der Waals surface area contributed by atoms with Crippen LogP contribution in [0.25, 0.3) is 0 Å². The summed E-state index contributed by atoms with van der Waals surface area (Å²) in [6.45, 7) is 5.07. The summed E-state index contributed by atoms with van der Waals surface area (Å²) in [4.78, 5) is 28.3. The molecule has 0 spiro atoms. The molecule has 7 nitrogen and oxygen atoms in total. The van der Waals surface area contributed by atoms with Crippen LogP contribution >= 0.6 is 0 Å². The van der Waals surface area contributed by atoms with Gasteiger partial charge in [-0.15, -0.1) is 0 Å². The molecule has 0 unspecified atom stereocenters. The van der Waals surface area contributed by atoms with Gasteiger partial charge in [0.15, 0.2) is 17.2 Å².